The number of aliphatic imine (C=N–C) groups is 1. The Bertz CT molecular complexity index is 120. The van der Waals surface area contributed by atoms with Crippen LogP contribution in [0.2, 0.25) is 0 Å². The molecule has 0 saturated heterocycles. The van der Waals surface area contributed by atoms with Gasteiger partial charge in [0.05, 0.1) is 0 Å². The van der Waals surface area contributed by atoms with E-state index in [2.05, 4.69) is 4.99 Å². The average molecular weight is 160 g/mol. The normalized spacial score (nSPS) is 12.5. The van der Waals surface area contributed by atoms with E-state index in [4.69, 9.17) is 15.2 Å². The highest BCUT2D eigenvalue weighted by Crippen LogP contribution is 1.94. The molecule has 0 radical (unpaired) electrons. The standard InChI is InChI=1S/C7H16N2O2/c1-4-10-7(11-5-2)6(8)9-3/h7H,4-5H2,1-3H3,(H2,8,9). The number of hydrogen-bond acceptors (Lipinski definition) is 3. The van der Waals surface area contributed by atoms with Crippen molar-refractivity contribution in [2.45, 2.75) is 20.1 Å². The van der Waals surface area contributed by atoms with E-state index in [9.17, 15) is 0 Å². The Balaban J connectivity index is 3.87. The second kappa shape index (κ2) is 6.12. The second-order valence-electron chi connectivity index (χ2n) is 1.89. The first-order valence-electron chi connectivity index (χ1n) is 3.71. The van der Waals surface area contributed by atoms with Gasteiger partial charge in [-0.25, -0.2) is 0 Å². The lowest BCUT2D eigenvalue weighted by molar-refractivity contribution is -0.0906. The number of ether oxygens (including phenoxy) is 2. The Morgan fingerprint density at radius 1 is 1.36 bits per heavy atom. The Hall–Kier alpha value is -0.610. The minimum atomic E-state index is -0.477. The molecule has 0 rings (SSSR count). The molecule has 0 unspecified atom stereocenters. The maximum absolute atomic E-state index is 5.49. The van der Waals surface area contributed by atoms with E-state index >= 15 is 0 Å². The van der Waals surface area contributed by atoms with Crippen molar-refractivity contribution in [2.75, 3.05) is 20.3 Å². The zero-order valence-electron chi connectivity index (χ0n) is 7.33. The molecule has 4 nitrogen and oxygen atoms in total. The van der Waals surface area contributed by atoms with E-state index in [1.807, 2.05) is 13.8 Å². The molecular weight excluding hydrogens is 144 g/mol. The van der Waals surface area contributed by atoms with Crippen molar-refractivity contribution in [3.63, 3.8) is 0 Å². The molecule has 11 heavy (non-hydrogen) atoms. The van der Waals surface area contributed by atoms with Crippen molar-refractivity contribution in [1.29, 1.82) is 0 Å². The summed E-state index contributed by atoms with van der Waals surface area (Å²) in [6.07, 6.45) is -0.477. The number of nitrogens with zero attached hydrogens (tertiary/aromatic N) is 1. The first-order valence-corrected chi connectivity index (χ1v) is 3.71. The average Bonchev–Trinajstić information content (AvgIpc) is 2.03. The number of amidine groups is 1. The molecule has 0 amide bonds. The summed E-state index contributed by atoms with van der Waals surface area (Å²) < 4.78 is 10.3. The zero-order chi connectivity index (χ0) is 8.69. The summed E-state index contributed by atoms with van der Waals surface area (Å²) in [5.41, 5.74) is 5.49. The van der Waals surface area contributed by atoms with Crippen molar-refractivity contribution in [3.05, 3.63) is 0 Å². The van der Waals surface area contributed by atoms with Gasteiger partial charge in [-0.1, -0.05) is 0 Å². The van der Waals surface area contributed by atoms with Gasteiger partial charge in [0.2, 0.25) is 6.29 Å². The van der Waals surface area contributed by atoms with Gasteiger partial charge in [-0.2, -0.15) is 0 Å². The van der Waals surface area contributed by atoms with E-state index < -0.39 is 6.29 Å². The van der Waals surface area contributed by atoms with Crippen molar-refractivity contribution < 1.29 is 9.47 Å². The topological polar surface area (TPSA) is 56.8 Å². The summed E-state index contributed by atoms with van der Waals surface area (Å²) in [6, 6.07) is 0. The van der Waals surface area contributed by atoms with Crippen LogP contribution in [0.15, 0.2) is 4.99 Å². The van der Waals surface area contributed by atoms with E-state index in [0.717, 1.165) is 0 Å². The van der Waals surface area contributed by atoms with Gasteiger partial charge >= 0.3 is 0 Å². The van der Waals surface area contributed by atoms with Crippen LogP contribution in [0.3, 0.4) is 0 Å². The molecule has 0 aromatic carbocycles. The van der Waals surface area contributed by atoms with Crippen molar-refractivity contribution in [2.24, 2.45) is 10.7 Å². The quantitative estimate of drug-likeness (QED) is 0.359. The molecule has 0 aromatic rings. The third kappa shape index (κ3) is 3.95. The van der Waals surface area contributed by atoms with Crippen LogP contribution >= 0.6 is 0 Å². The van der Waals surface area contributed by atoms with Gasteiger partial charge in [0.1, 0.15) is 0 Å². The molecule has 0 bridgehead atoms. The molecule has 2 N–H and O–H groups in total. The summed E-state index contributed by atoms with van der Waals surface area (Å²) in [4.78, 5) is 3.77. The van der Waals surface area contributed by atoms with Crippen LogP contribution in [0.1, 0.15) is 13.8 Å². The van der Waals surface area contributed by atoms with E-state index in [1.165, 1.54) is 0 Å². The molecule has 66 valence electrons. The Kier molecular flexibility index (Phi) is 5.78. The number of nitrogens with two attached hydrogens (primary N) is 1. The highest BCUT2D eigenvalue weighted by molar-refractivity contribution is 5.83. The molecule has 0 aliphatic heterocycles. The highest BCUT2D eigenvalue weighted by Gasteiger charge is 2.10. The fourth-order valence-corrected chi connectivity index (χ4v) is 0.627. The summed E-state index contributed by atoms with van der Waals surface area (Å²) in [6.45, 7) is 4.91. The Morgan fingerprint density at radius 3 is 2.09 bits per heavy atom. The predicted octanol–water partition coefficient (Wildman–Crippen LogP) is 0.372. The zero-order valence-corrected chi connectivity index (χ0v) is 7.33. The third-order valence-electron chi connectivity index (χ3n) is 1.14. The van der Waals surface area contributed by atoms with Gasteiger partial charge in [-0.15, -0.1) is 0 Å². The minimum Gasteiger partial charge on any atom is -0.383 e. The van der Waals surface area contributed by atoms with Crippen LogP contribution in [-0.4, -0.2) is 32.4 Å². The predicted molar refractivity (Wildman–Crippen MR) is 44.6 cm³/mol. The molecule has 0 aliphatic rings. The lowest BCUT2D eigenvalue weighted by Gasteiger charge is -2.15. The van der Waals surface area contributed by atoms with Crippen molar-refractivity contribution >= 4 is 5.84 Å². The maximum atomic E-state index is 5.49. The molecule has 0 spiro atoms. The van der Waals surface area contributed by atoms with Gasteiger partial charge in [0.15, 0.2) is 5.84 Å². The second-order valence-corrected chi connectivity index (χ2v) is 1.89. The summed E-state index contributed by atoms with van der Waals surface area (Å²) in [5.74, 6) is 0.383. The molecule has 0 atom stereocenters. The fraction of sp³-hybridized carbons (Fsp3) is 0.857. The van der Waals surface area contributed by atoms with E-state index in [0.29, 0.717) is 19.0 Å². The van der Waals surface area contributed by atoms with E-state index in [-0.39, 0.29) is 0 Å². The van der Waals surface area contributed by atoms with E-state index in [1.54, 1.807) is 7.05 Å². The van der Waals surface area contributed by atoms with Crippen LogP contribution in [0.5, 0.6) is 0 Å². The largest absolute Gasteiger partial charge is 0.383 e. The molecule has 0 aromatic heterocycles. The molecule has 0 fully saturated rings. The smallest absolute Gasteiger partial charge is 0.216 e. The molecule has 0 saturated carbocycles. The monoisotopic (exact) mass is 160 g/mol. The van der Waals surface area contributed by atoms with Crippen LogP contribution in [0.25, 0.3) is 0 Å². The number of hydrogen-bond donors (Lipinski definition) is 1. The van der Waals surface area contributed by atoms with Gasteiger partial charge < -0.3 is 15.2 Å². The van der Waals surface area contributed by atoms with Crippen molar-refractivity contribution in [3.8, 4) is 0 Å². The van der Waals surface area contributed by atoms with Crippen LogP contribution in [-0.2, 0) is 9.47 Å². The number of rotatable bonds is 5. The first kappa shape index (κ1) is 10.4. The van der Waals surface area contributed by atoms with Gasteiger partial charge in [-0.3, -0.25) is 4.99 Å². The fourth-order valence-electron chi connectivity index (χ4n) is 0.627. The summed E-state index contributed by atoms with van der Waals surface area (Å²) in [5, 5.41) is 0. The molecule has 4 heteroatoms. The molecule has 0 aliphatic carbocycles. The SMILES string of the molecule is CCOC(OCC)C(N)=NC. The molecular formula is C7H16N2O2. The van der Waals surface area contributed by atoms with Crippen LogP contribution in [0.4, 0.5) is 0 Å². The molecule has 0 heterocycles. The Morgan fingerprint density at radius 2 is 1.82 bits per heavy atom. The van der Waals surface area contributed by atoms with Gasteiger partial charge in [0.25, 0.3) is 0 Å². The highest BCUT2D eigenvalue weighted by atomic mass is 16.7. The van der Waals surface area contributed by atoms with Gasteiger partial charge in [0, 0.05) is 20.3 Å². The van der Waals surface area contributed by atoms with Gasteiger partial charge in [-0.05, 0) is 13.8 Å². The van der Waals surface area contributed by atoms with Crippen LogP contribution < -0.4 is 5.73 Å². The maximum Gasteiger partial charge on any atom is 0.216 e. The lowest BCUT2D eigenvalue weighted by Crippen LogP contribution is -2.34. The minimum absolute atomic E-state index is 0.383. The summed E-state index contributed by atoms with van der Waals surface area (Å²) in [7, 11) is 1.61. The van der Waals surface area contributed by atoms with Crippen LogP contribution in [0, 0.1) is 0 Å². The lowest BCUT2D eigenvalue weighted by atomic mass is 10.5. The third-order valence-corrected chi connectivity index (χ3v) is 1.14. The first-order chi connectivity index (χ1) is 5.26. The summed E-state index contributed by atoms with van der Waals surface area (Å²) >= 11 is 0. The van der Waals surface area contributed by atoms with Crippen molar-refractivity contribution in [1.82, 2.24) is 0 Å². The Labute approximate surface area is 67.4 Å².